The molecule has 0 N–H and O–H groups in total. The van der Waals surface area contributed by atoms with Crippen LogP contribution in [0.5, 0.6) is 5.75 Å². The van der Waals surface area contributed by atoms with E-state index < -0.39 is 10.9 Å². The summed E-state index contributed by atoms with van der Waals surface area (Å²) in [6.07, 6.45) is 0.209. The maximum absolute atomic E-state index is 11.3. The van der Waals surface area contributed by atoms with Gasteiger partial charge in [0.1, 0.15) is 5.75 Å². The third-order valence-electron chi connectivity index (χ3n) is 2.27. The van der Waals surface area contributed by atoms with E-state index in [-0.39, 0.29) is 13.0 Å². The number of rotatable bonds is 5. The molecule has 0 aliphatic carbocycles. The second-order valence-corrected chi connectivity index (χ2v) is 3.32. The van der Waals surface area contributed by atoms with Crippen LogP contribution in [0.15, 0.2) is 18.2 Å². The van der Waals surface area contributed by atoms with E-state index in [2.05, 4.69) is 4.74 Å². The second-order valence-electron chi connectivity index (χ2n) is 3.32. The van der Waals surface area contributed by atoms with Crippen LogP contribution in [0.2, 0.25) is 0 Å². The average molecular weight is 239 g/mol. The Balaban J connectivity index is 2.97. The lowest BCUT2D eigenvalue weighted by Crippen LogP contribution is -2.07. The number of nitro groups is 1. The van der Waals surface area contributed by atoms with Gasteiger partial charge in [-0.15, -0.1) is 0 Å². The zero-order valence-corrected chi connectivity index (χ0v) is 9.63. The number of ether oxygens (including phenoxy) is 2. The van der Waals surface area contributed by atoms with Gasteiger partial charge in [0, 0.05) is 16.9 Å². The zero-order chi connectivity index (χ0) is 12.8. The molecule has 0 heterocycles. The smallest absolute Gasteiger partial charge is 0.337 e. The Kier molecular flexibility index (Phi) is 4.45. The molecule has 0 fully saturated rings. The predicted molar refractivity (Wildman–Crippen MR) is 59.9 cm³/mol. The highest BCUT2D eigenvalue weighted by molar-refractivity contribution is 5.89. The predicted octanol–water partition coefficient (Wildman–Crippen LogP) is 1.30. The van der Waals surface area contributed by atoms with Crippen LogP contribution in [0, 0.1) is 10.1 Å². The van der Waals surface area contributed by atoms with Crippen molar-refractivity contribution in [2.75, 3.05) is 20.8 Å². The van der Waals surface area contributed by atoms with Gasteiger partial charge in [-0.3, -0.25) is 10.1 Å². The lowest BCUT2D eigenvalue weighted by molar-refractivity contribution is -0.479. The maximum atomic E-state index is 11.3. The van der Waals surface area contributed by atoms with Crippen LogP contribution in [-0.4, -0.2) is 31.7 Å². The summed E-state index contributed by atoms with van der Waals surface area (Å²) in [4.78, 5) is 21.2. The van der Waals surface area contributed by atoms with Gasteiger partial charge < -0.3 is 9.47 Å². The minimum Gasteiger partial charge on any atom is -0.496 e. The van der Waals surface area contributed by atoms with Gasteiger partial charge in [-0.2, -0.15) is 0 Å². The summed E-state index contributed by atoms with van der Waals surface area (Å²) >= 11 is 0. The number of hydrogen-bond donors (Lipinski definition) is 0. The number of carbonyl (C=O) groups excluding carboxylic acids is 1. The molecule has 92 valence electrons. The van der Waals surface area contributed by atoms with Crippen molar-refractivity contribution < 1.29 is 19.2 Å². The van der Waals surface area contributed by atoms with E-state index in [0.29, 0.717) is 16.9 Å². The van der Waals surface area contributed by atoms with Gasteiger partial charge in [0.15, 0.2) is 0 Å². The fraction of sp³-hybridized carbons (Fsp3) is 0.364. The first-order valence-electron chi connectivity index (χ1n) is 4.95. The molecular weight excluding hydrogens is 226 g/mol. The molecule has 0 atom stereocenters. The monoisotopic (exact) mass is 239 g/mol. The Morgan fingerprint density at radius 3 is 2.65 bits per heavy atom. The quantitative estimate of drug-likeness (QED) is 0.439. The van der Waals surface area contributed by atoms with Gasteiger partial charge in [-0.1, -0.05) is 0 Å². The molecule has 0 radical (unpaired) electrons. The minimum atomic E-state index is -0.477. The van der Waals surface area contributed by atoms with Crippen LogP contribution in [0.3, 0.4) is 0 Å². The Labute approximate surface area is 98.3 Å². The Morgan fingerprint density at radius 1 is 1.41 bits per heavy atom. The van der Waals surface area contributed by atoms with Crippen LogP contribution in [0.1, 0.15) is 15.9 Å². The summed E-state index contributed by atoms with van der Waals surface area (Å²) in [5, 5.41) is 10.3. The first kappa shape index (κ1) is 13.0. The topological polar surface area (TPSA) is 78.7 Å². The molecule has 17 heavy (non-hydrogen) atoms. The molecule has 6 heteroatoms. The van der Waals surface area contributed by atoms with Gasteiger partial charge >= 0.3 is 5.97 Å². The SMILES string of the molecule is COC(=O)c1ccc(OC)c(CC[N+](=O)[O-])c1. The molecule has 0 spiro atoms. The largest absolute Gasteiger partial charge is 0.496 e. The van der Waals surface area contributed by atoms with Crippen molar-refractivity contribution in [3.63, 3.8) is 0 Å². The molecule has 1 rings (SSSR count). The third kappa shape index (κ3) is 3.44. The summed E-state index contributed by atoms with van der Waals surface area (Å²) in [6, 6.07) is 4.70. The van der Waals surface area contributed by atoms with E-state index in [9.17, 15) is 14.9 Å². The summed E-state index contributed by atoms with van der Waals surface area (Å²) in [7, 11) is 2.76. The molecule has 0 bridgehead atoms. The van der Waals surface area contributed by atoms with Gasteiger partial charge in [0.25, 0.3) is 0 Å². The van der Waals surface area contributed by atoms with Crippen LogP contribution < -0.4 is 4.74 Å². The Morgan fingerprint density at radius 2 is 2.12 bits per heavy atom. The highest BCUT2D eigenvalue weighted by atomic mass is 16.6. The average Bonchev–Trinajstić information content (AvgIpc) is 2.34. The van der Waals surface area contributed by atoms with Gasteiger partial charge in [-0.25, -0.2) is 4.79 Å². The molecule has 1 aromatic rings. The van der Waals surface area contributed by atoms with E-state index in [1.165, 1.54) is 14.2 Å². The lowest BCUT2D eigenvalue weighted by Gasteiger charge is -2.08. The van der Waals surface area contributed by atoms with Crippen LogP contribution >= 0.6 is 0 Å². The van der Waals surface area contributed by atoms with E-state index in [0.717, 1.165) is 0 Å². The summed E-state index contributed by atoms with van der Waals surface area (Å²) in [6.45, 7) is -0.207. The van der Waals surface area contributed by atoms with Crippen LogP contribution in [0.25, 0.3) is 0 Å². The molecule has 0 saturated carbocycles. The summed E-state index contributed by atoms with van der Waals surface area (Å²) in [5.41, 5.74) is 0.971. The Hall–Kier alpha value is -2.11. The molecule has 0 saturated heterocycles. The molecule has 0 aliphatic heterocycles. The van der Waals surface area contributed by atoms with Crippen molar-refractivity contribution in [3.8, 4) is 5.75 Å². The normalized spacial score (nSPS) is 9.76. The highest BCUT2D eigenvalue weighted by Crippen LogP contribution is 2.20. The van der Waals surface area contributed by atoms with Gasteiger partial charge in [-0.05, 0) is 18.2 Å². The number of esters is 1. The number of methoxy groups -OCH3 is 2. The van der Waals surface area contributed by atoms with Crippen molar-refractivity contribution in [1.82, 2.24) is 0 Å². The zero-order valence-electron chi connectivity index (χ0n) is 9.63. The number of carbonyl (C=O) groups is 1. The van der Waals surface area contributed by atoms with Gasteiger partial charge in [0.2, 0.25) is 6.54 Å². The molecule has 0 aliphatic rings. The maximum Gasteiger partial charge on any atom is 0.337 e. The molecule has 0 aromatic heterocycles. The highest BCUT2D eigenvalue weighted by Gasteiger charge is 2.12. The third-order valence-corrected chi connectivity index (χ3v) is 2.27. The van der Waals surface area contributed by atoms with Crippen LogP contribution in [0.4, 0.5) is 0 Å². The molecule has 0 amide bonds. The fourth-order valence-electron chi connectivity index (χ4n) is 1.43. The summed E-state index contributed by atoms with van der Waals surface area (Å²) < 4.78 is 9.65. The molecule has 0 unspecified atom stereocenters. The van der Waals surface area contributed by atoms with E-state index in [4.69, 9.17) is 4.74 Å². The number of nitrogens with zero attached hydrogens (tertiary/aromatic N) is 1. The van der Waals surface area contributed by atoms with Gasteiger partial charge in [0.05, 0.1) is 19.8 Å². The second kappa shape index (κ2) is 5.83. The van der Waals surface area contributed by atoms with Crippen LogP contribution in [-0.2, 0) is 11.2 Å². The molecular formula is C11H13NO5. The Bertz CT molecular complexity index is 430. The summed E-state index contributed by atoms with van der Waals surface area (Å²) in [5.74, 6) is 0.0505. The van der Waals surface area contributed by atoms with E-state index in [1.807, 2.05) is 0 Å². The van der Waals surface area contributed by atoms with Crippen molar-refractivity contribution in [2.45, 2.75) is 6.42 Å². The van der Waals surface area contributed by atoms with Crippen molar-refractivity contribution in [3.05, 3.63) is 39.4 Å². The first-order chi connectivity index (χ1) is 8.08. The van der Waals surface area contributed by atoms with E-state index >= 15 is 0 Å². The first-order valence-corrected chi connectivity index (χ1v) is 4.95. The minimum absolute atomic E-state index is 0.207. The molecule has 6 nitrogen and oxygen atoms in total. The van der Waals surface area contributed by atoms with Crippen molar-refractivity contribution >= 4 is 5.97 Å². The molecule has 1 aromatic carbocycles. The lowest BCUT2D eigenvalue weighted by atomic mass is 10.1. The number of benzene rings is 1. The number of hydrogen-bond acceptors (Lipinski definition) is 5. The standard InChI is InChI=1S/C11H13NO5/c1-16-10-4-3-9(11(13)17-2)7-8(10)5-6-12(14)15/h3-4,7H,5-6H2,1-2H3. The van der Waals surface area contributed by atoms with Crippen molar-refractivity contribution in [2.24, 2.45) is 0 Å². The van der Waals surface area contributed by atoms with E-state index in [1.54, 1.807) is 18.2 Å². The van der Waals surface area contributed by atoms with Crippen molar-refractivity contribution in [1.29, 1.82) is 0 Å². The fourth-order valence-corrected chi connectivity index (χ4v) is 1.43.